The Morgan fingerprint density at radius 3 is 2.71 bits per heavy atom. The van der Waals surface area contributed by atoms with Crippen molar-refractivity contribution in [2.45, 2.75) is 25.7 Å². The van der Waals surface area contributed by atoms with Crippen LogP contribution in [-0.4, -0.2) is 41.4 Å². The molecular weight excluding hydrogens is 392 g/mol. The second-order valence-corrected chi connectivity index (χ2v) is 7.88. The number of benzene rings is 1. The minimum Gasteiger partial charge on any atom is -0.493 e. The molecule has 1 aliphatic carbocycles. The lowest BCUT2D eigenvalue weighted by Gasteiger charge is -2.28. The topological polar surface area (TPSA) is 89.5 Å². The van der Waals surface area contributed by atoms with Crippen LogP contribution in [0.25, 0.3) is 11.5 Å². The molecule has 0 saturated carbocycles. The largest absolute Gasteiger partial charge is 0.493 e. The summed E-state index contributed by atoms with van der Waals surface area (Å²) in [6.07, 6.45) is 4.85. The molecule has 158 valence electrons. The number of hydrogen-bond donors (Lipinski definition) is 1. The fourth-order valence-corrected chi connectivity index (χ4v) is 4.58. The zero-order chi connectivity index (χ0) is 21.4. The van der Waals surface area contributed by atoms with Crippen LogP contribution in [0.3, 0.4) is 0 Å². The Hall–Kier alpha value is -3.48. The highest BCUT2D eigenvalue weighted by Crippen LogP contribution is 2.36. The summed E-state index contributed by atoms with van der Waals surface area (Å²) >= 11 is 0. The monoisotopic (exact) mass is 416 g/mol. The second kappa shape index (κ2) is 7.98. The number of aliphatic imine (C=N–C) groups is 1. The molecule has 3 aromatic rings. The maximum Gasteiger partial charge on any atom is 0.254 e. The van der Waals surface area contributed by atoms with E-state index >= 15 is 0 Å². The smallest absolute Gasteiger partial charge is 0.254 e. The van der Waals surface area contributed by atoms with Crippen molar-refractivity contribution in [1.82, 2.24) is 15.0 Å². The van der Waals surface area contributed by atoms with E-state index in [1.807, 2.05) is 30.3 Å². The van der Waals surface area contributed by atoms with Crippen LogP contribution in [0.5, 0.6) is 11.5 Å². The van der Waals surface area contributed by atoms with Crippen LogP contribution in [0.2, 0.25) is 0 Å². The Labute approximate surface area is 180 Å². The van der Waals surface area contributed by atoms with Crippen LogP contribution in [0, 0.1) is 5.92 Å². The Bertz CT molecular complexity index is 1220. The Morgan fingerprint density at radius 1 is 1.10 bits per heavy atom. The van der Waals surface area contributed by atoms with Crippen molar-refractivity contribution < 1.29 is 9.47 Å². The van der Waals surface area contributed by atoms with Gasteiger partial charge in [0, 0.05) is 35.5 Å². The molecule has 7 heteroatoms. The van der Waals surface area contributed by atoms with Gasteiger partial charge in [0.2, 0.25) is 0 Å². The van der Waals surface area contributed by atoms with Gasteiger partial charge in [0.1, 0.15) is 5.69 Å². The van der Waals surface area contributed by atoms with Gasteiger partial charge in [-0.3, -0.25) is 14.8 Å². The van der Waals surface area contributed by atoms with Crippen LogP contribution >= 0.6 is 0 Å². The van der Waals surface area contributed by atoms with Crippen LogP contribution in [0.1, 0.15) is 28.8 Å². The van der Waals surface area contributed by atoms with Gasteiger partial charge in [0.05, 0.1) is 19.9 Å². The van der Waals surface area contributed by atoms with Crippen molar-refractivity contribution in [3.63, 3.8) is 0 Å². The number of fused-ring (bicyclic) bond motifs is 2. The summed E-state index contributed by atoms with van der Waals surface area (Å²) in [5.41, 5.74) is 5.59. The maximum atomic E-state index is 12.9. The van der Waals surface area contributed by atoms with Crippen molar-refractivity contribution in [1.29, 1.82) is 0 Å². The predicted molar refractivity (Wildman–Crippen MR) is 118 cm³/mol. The summed E-state index contributed by atoms with van der Waals surface area (Å²) in [6, 6.07) is 9.66. The molecule has 2 aromatic heterocycles. The van der Waals surface area contributed by atoms with Crippen molar-refractivity contribution in [2.75, 3.05) is 20.8 Å². The molecule has 0 spiro atoms. The van der Waals surface area contributed by atoms with Crippen molar-refractivity contribution in [3.05, 3.63) is 69.3 Å². The Balaban J connectivity index is 1.48. The lowest BCUT2D eigenvalue weighted by molar-refractivity contribution is 0.354. The van der Waals surface area contributed by atoms with Gasteiger partial charge in [-0.25, -0.2) is 4.98 Å². The first-order chi connectivity index (χ1) is 15.2. The molecule has 3 heterocycles. The number of nitrogens with one attached hydrogen (secondary N) is 1. The summed E-state index contributed by atoms with van der Waals surface area (Å²) in [5.74, 6) is 2.14. The molecule has 0 saturated heterocycles. The maximum absolute atomic E-state index is 12.9. The Kier molecular flexibility index (Phi) is 5.02. The SMILES string of the molecule is COc1cc2c(cc1OC)C(C1CCc3nc(-c4ccccn4)[nH]c(=O)c3C1)=NCC2. The zero-order valence-corrected chi connectivity index (χ0v) is 17.6. The van der Waals surface area contributed by atoms with Gasteiger partial charge in [-0.1, -0.05) is 6.07 Å². The van der Waals surface area contributed by atoms with Gasteiger partial charge in [-0.15, -0.1) is 0 Å². The zero-order valence-electron chi connectivity index (χ0n) is 17.6. The van der Waals surface area contributed by atoms with Gasteiger partial charge in [0.25, 0.3) is 5.56 Å². The predicted octanol–water partition coefficient (Wildman–Crippen LogP) is 3.00. The first kappa shape index (κ1) is 19.5. The molecule has 31 heavy (non-hydrogen) atoms. The number of methoxy groups -OCH3 is 2. The van der Waals surface area contributed by atoms with E-state index in [4.69, 9.17) is 19.5 Å². The van der Waals surface area contributed by atoms with Gasteiger partial charge < -0.3 is 14.5 Å². The van der Waals surface area contributed by atoms with Gasteiger partial charge in [0.15, 0.2) is 17.3 Å². The molecule has 7 nitrogen and oxygen atoms in total. The number of rotatable bonds is 4. The van der Waals surface area contributed by atoms with Crippen LogP contribution in [0.4, 0.5) is 0 Å². The minimum absolute atomic E-state index is 0.0840. The minimum atomic E-state index is -0.0840. The molecule has 1 aromatic carbocycles. The number of aryl methyl sites for hydroxylation is 1. The van der Waals surface area contributed by atoms with E-state index in [9.17, 15) is 4.79 Å². The molecule has 0 bridgehead atoms. The molecule has 1 atom stereocenters. The van der Waals surface area contributed by atoms with Crippen molar-refractivity contribution in [3.8, 4) is 23.0 Å². The normalized spacial score (nSPS) is 17.4. The average Bonchev–Trinajstić information content (AvgIpc) is 2.83. The first-order valence-electron chi connectivity index (χ1n) is 10.5. The lowest BCUT2D eigenvalue weighted by atomic mass is 9.79. The fourth-order valence-electron chi connectivity index (χ4n) is 4.58. The highest BCUT2D eigenvalue weighted by atomic mass is 16.5. The molecule has 1 aliphatic heterocycles. The molecule has 1 unspecified atom stereocenters. The Morgan fingerprint density at radius 2 is 1.94 bits per heavy atom. The summed E-state index contributed by atoms with van der Waals surface area (Å²) < 4.78 is 11.0. The van der Waals surface area contributed by atoms with Gasteiger partial charge in [-0.05, 0) is 55.5 Å². The highest BCUT2D eigenvalue weighted by Gasteiger charge is 2.30. The summed E-state index contributed by atoms with van der Waals surface area (Å²) in [6.45, 7) is 0.744. The third-order valence-electron chi connectivity index (χ3n) is 6.12. The number of hydrogen-bond acceptors (Lipinski definition) is 6. The number of aromatic nitrogens is 3. The first-order valence-corrected chi connectivity index (χ1v) is 10.5. The molecule has 2 aliphatic rings. The third kappa shape index (κ3) is 3.50. The number of pyridine rings is 1. The van der Waals surface area contributed by atoms with E-state index in [1.54, 1.807) is 20.4 Å². The highest BCUT2D eigenvalue weighted by molar-refractivity contribution is 6.05. The van der Waals surface area contributed by atoms with E-state index in [-0.39, 0.29) is 11.5 Å². The van der Waals surface area contributed by atoms with Crippen LogP contribution in [-0.2, 0) is 19.3 Å². The average molecular weight is 416 g/mol. The van der Waals surface area contributed by atoms with Crippen LogP contribution in [0.15, 0.2) is 46.3 Å². The molecule has 1 N–H and O–H groups in total. The molecule has 0 fully saturated rings. The van der Waals surface area contributed by atoms with Gasteiger partial charge in [-0.2, -0.15) is 0 Å². The third-order valence-corrected chi connectivity index (χ3v) is 6.12. The quantitative estimate of drug-likeness (QED) is 0.706. The summed E-state index contributed by atoms with van der Waals surface area (Å²) in [4.78, 5) is 29.7. The summed E-state index contributed by atoms with van der Waals surface area (Å²) in [5, 5.41) is 0. The molecule has 0 radical (unpaired) electrons. The molecular formula is C24H24N4O3. The van der Waals surface area contributed by atoms with Crippen molar-refractivity contribution in [2.24, 2.45) is 10.9 Å². The number of ether oxygens (including phenoxy) is 2. The number of nitrogens with zero attached hydrogens (tertiary/aromatic N) is 3. The van der Waals surface area contributed by atoms with Gasteiger partial charge >= 0.3 is 0 Å². The standard InChI is InChI=1S/C24H24N4O3/c1-30-20-12-14-8-10-26-22(16(14)13-21(20)31-2)15-6-7-18-17(11-15)24(29)28-23(27-18)19-5-3-4-9-25-19/h3-5,9,12-13,15H,6-8,10-11H2,1-2H3,(H,27,28,29). The van der Waals surface area contributed by atoms with Crippen LogP contribution < -0.4 is 15.0 Å². The van der Waals surface area contributed by atoms with E-state index in [1.165, 1.54) is 5.56 Å². The van der Waals surface area contributed by atoms with E-state index in [0.29, 0.717) is 23.7 Å². The van der Waals surface area contributed by atoms with E-state index < -0.39 is 0 Å². The van der Waals surface area contributed by atoms with E-state index in [2.05, 4.69) is 9.97 Å². The fraction of sp³-hybridized carbons (Fsp3) is 0.333. The second-order valence-electron chi connectivity index (χ2n) is 7.88. The van der Waals surface area contributed by atoms with E-state index in [0.717, 1.165) is 54.1 Å². The van der Waals surface area contributed by atoms with Crippen molar-refractivity contribution >= 4 is 5.71 Å². The lowest BCUT2D eigenvalue weighted by Crippen LogP contribution is -2.32. The number of H-pyrrole nitrogens is 1. The summed E-state index contributed by atoms with van der Waals surface area (Å²) in [7, 11) is 3.30. The molecule has 0 amide bonds. The number of aromatic amines is 1. The molecule has 5 rings (SSSR count).